The third-order valence-electron chi connectivity index (χ3n) is 3.92. The zero-order chi connectivity index (χ0) is 15.2. The molecule has 0 radical (unpaired) electrons. The van der Waals surface area contributed by atoms with Crippen LogP contribution in [0.25, 0.3) is 0 Å². The first-order chi connectivity index (χ1) is 9.38. The van der Waals surface area contributed by atoms with Crippen LogP contribution in [0, 0.1) is 11.8 Å². The molecule has 0 aromatic rings. The molecule has 1 aliphatic rings. The van der Waals surface area contributed by atoms with Crippen molar-refractivity contribution >= 4 is 15.9 Å². The van der Waals surface area contributed by atoms with Crippen molar-refractivity contribution in [2.75, 3.05) is 39.6 Å². The molecule has 118 valence electrons. The van der Waals surface area contributed by atoms with E-state index in [0.29, 0.717) is 32.7 Å². The van der Waals surface area contributed by atoms with Gasteiger partial charge in [0.05, 0.1) is 12.9 Å². The Kier molecular flexibility index (Phi) is 6.91. The van der Waals surface area contributed by atoms with Gasteiger partial charge in [-0.3, -0.25) is 4.79 Å². The van der Waals surface area contributed by atoms with Crippen LogP contribution in [-0.4, -0.2) is 58.2 Å². The third kappa shape index (κ3) is 5.38. The highest BCUT2D eigenvalue weighted by Gasteiger charge is 2.32. The molecule has 1 fully saturated rings. The molecule has 0 bridgehead atoms. The summed E-state index contributed by atoms with van der Waals surface area (Å²) >= 11 is 0. The molecule has 0 aliphatic carbocycles. The molecule has 1 amide bonds. The van der Waals surface area contributed by atoms with Crippen LogP contribution in [0.2, 0.25) is 0 Å². The summed E-state index contributed by atoms with van der Waals surface area (Å²) in [6, 6.07) is 0. The lowest BCUT2D eigenvalue weighted by Gasteiger charge is -2.36. The number of carbonyl (C=O) groups excluding carboxylic acids is 1. The number of nitrogens with zero attached hydrogens (tertiary/aromatic N) is 1. The van der Waals surface area contributed by atoms with E-state index in [1.807, 2.05) is 6.92 Å². The minimum Gasteiger partial charge on any atom is -0.383 e. The number of piperidine rings is 1. The summed E-state index contributed by atoms with van der Waals surface area (Å²) in [7, 11) is -1.52. The summed E-state index contributed by atoms with van der Waals surface area (Å²) < 4.78 is 29.6. The van der Waals surface area contributed by atoms with Crippen LogP contribution in [0.1, 0.15) is 26.2 Å². The molecule has 0 spiro atoms. The summed E-state index contributed by atoms with van der Waals surface area (Å²) in [4.78, 5) is 11.8. The quantitative estimate of drug-likeness (QED) is 0.693. The molecule has 1 saturated heterocycles. The summed E-state index contributed by atoms with van der Waals surface area (Å²) in [5.41, 5.74) is 0. The zero-order valence-electron chi connectivity index (χ0n) is 12.6. The second-order valence-electron chi connectivity index (χ2n) is 5.38. The van der Waals surface area contributed by atoms with E-state index in [1.165, 1.54) is 10.6 Å². The highest BCUT2D eigenvalue weighted by atomic mass is 32.2. The fourth-order valence-electron chi connectivity index (χ4n) is 2.68. The standard InChI is InChI=1S/C13H26N2O4S/c1-4-11-10-15(20(3,17)18)7-5-12(11)9-13(16)14-6-8-19-2/h11-12H,4-10H2,1-3H3,(H,14,16)/t11-,12-/m0/s1. The number of methoxy groups -OCH3 is 1. The Morgan fingerprint density at radius 2 is 2.10 bits per heavy atom. The molecule has 1 aliphatic heterocycles. The minimum absolute atomic E-state index is 0.0262. The molecule has 6 nitrogen and oxygen atoms in total. The van der Waals surface area contributed by atoms with Gasteiger partial charge in [0.25, 0.3) is 0 Å². The second-order valence-corrected chi connectivity index (χ2v) is 7.37. The summed E-state index contributed by atoms with van der Waals surface area (Å²) in [5.74, 6) is 0.547. The van der Waals surface area contributed by atoms with Gasteiger partial charge >= 0.3 is 0 Å². The van der Waals surface area contributed by atoms with Crippen molar-refractivity contribution in [2.45, 2.75) is 26.2 Å². The first-order valence-electron chi connectivity index (χ1n) is 7.09. The molecule has 1 N–H and O–H groups in total. The molecule has 0 aromatic heterocycles. The van der Waals surface area contributed by atoms with E-state index < -0.39 is 10.0 Å². The first-order valence-corrected chi connectivity index (χ1v) is 8.94. The van der Waals surface area contributed by atoms with Crippen molar-refractivity contribution in [1.82, 2.24) is 9.62 Å². The molecular weight excluding hydrogens is 280 g/mol. The summed E-state index contributed by atoms with van der Waals surface area (Å²) in [5, 5.41) is 2.82. The number of rotatable bonds is 7. The van der Waals surface area contributed by atoms with Gasteiger partial charge in [0.1, 0.15) is 0 Å². The van der Waals surface area contributed by atoms with E-state index in [4.69, 9.17) is 4.74 Å². The maximum atomic E-state index is 11.8. The Hall–Kier alpha value is -0.660. The Morgan fingerprint density at radius 3 is 2.65 bits per heavy atom. The van der Waals surface area contributed by atoms with E-state index in [-0.39, 0.29) is 17.7 Å². The number of hydrogen-bond acceptors (Lipinski definition) is 4. The Bertz CT molecular complexity index is 411. The molecule has 0 aromatic carbocycles. The predicted octanol–water partition coefficient (Wildman–Crippen LogP) is 0.447. The van der Waals surface area contributed by atoms with Gasteiger partial charge in [-0.05, 0) is 18.3 Å². The van der Waals surface area contributed by atoms with E-state index in [1.54, 1.807) is 7.11 Å². The van der Waals surface area contributed by atoms with Gasteiger partial charge in [-0.15, -0.1) is 0 Å². The van der Waals surface area contributed by atoms with Crippen molar-refractivity contribution in [1.29, 1.82) is 0 Å². The predicted molar refractivity (Wildman–Crippen MR) is 77.8 cm³/mol. The van der Waals surface area contributed by atoms with Crippen molar-refractivity contribution in [3.8, 4) is 0 Å². The van der Waals surface area contributed by atoms with Crippen molar-refractivity contribution in [3.63, 3.8) is 0 Å². The van der Waals surface area contributed by atoms with E-state index >= 15 is 0 Å². The Balaban J connectivity index is 2.49. The topological polar surface area (TPSA) is 75.7 Å². The van der Waals surface area contributed by atoms with Gasteiger partial charge in [-0.1, -0.05) is 13.3 Å². The number of sulfonamides is 1. The van der Waals surface area contributed by atoms with Gasteiger partial charge in [0.15, 0.2) is 0 Å². The van der Waals surface area contributed by atoms with E-state index in [9.17, 15) is 13.2 Å². The molecule has 1 rings (SSSR count). The molecule has 20 heavy (non-hydrogen) atoms. The highest BCUT2D eigenvalue weighted by molar-refractivity contribution is 7.88. The maximum Gasteiger partial charge on any atom is 0.220 e. The third-order valence-corrected chi connectivity index (χ3v) is 5.19. The molecular formula is C13H26N2O4S. The SMILES string of the molecule is CC[C@H]1CN(S(C)(=O)=O)CC[C@H]1CC(=O)NCCOC. The number of hydrogen-bond donors (Lipinski definition) is 1. The highest BCUT2D eigenvalue weighted by Crippen LogP contribution is 2.29. The number of carbonyl (C=O) groups is 1. The van der Waals surface area contributed by atoms with E-state index in [2.05, 4.69) is 5.32 Å². The molecule has 7 heteroatoms. The summed E-state index contributed by atoms with van der Waals surface area (Å²) in [6.45, 7) is 4.13. The van der Waals surface area contributed by atoms with Crippen LogP contribution in [0.4, 0.5) is 0 Å². The minimum atomic E-state index is -3.12. The Labute approximate surface area is 121 Å². The smallest absolute Gasteiger partial charge is 0.220 e. The average Bonchev–Trinajstić information content (AvgIpc) is 2.38. The molecule has 0 unspecified atom stereocenters. The molecule has 1 heterocycles. The van der Waals surface area contributed by atoms with Gasteiger partial charge in [0, 0.05) is 33.2 Å². The van der Waals surface area contributed by atoms with Crippen molar-refractivity contribution in [3.05, 3.63) is 0 Å². The Morgan fingerprint density at radius 1 is 1.40 bits per heavy atom. The van der Waals surface area contributed by atoms with Crippen LogP contribution in [0.5, 0.6) is 0 Å². The van der Waals surface area contributed by atoms with E-state index in [0.717, 1.165) is 12.8 Å². The zero-order valence-corrected chi connectivity index (χ0v) is 13.4. The lowest BCUT2D eigenvalue weighted by atomic mass is 9.82. The fraction of sp³-hybridized carbons (Fsp3) is 0.923. The lowest BCUT2D eigenvalue weighted by molar-refractivity contribution is -0.122. The largest absolute Gasteiger partial charge is 0.383 e. The van der Waals surface area contributed by atoms with Crippen molar-refractivity contribution < 1.29 is 17.9 Å². The monoisotopic (exact) mass is 306 g/mol. The van der Waals surface area contributed by atoms with Gasteiger partial charge < -0.3 is 10.1 Å². The molecule has 2 atom stereocenters. The number of ether oxygens (including phenoxy) is 1. The summed E-state index contributed by atoms with van der Waals surface area (Å²) in [6.07, 6.45) is 3.36. The normalized spacial score (nSPS) is 24.6. The average molecular weight is 306 g/mol. The van der Waals surface area contributed by atoms with Crippen molar-refractivity contribution in [2.24, 2.45) is 11.8 Å². The fourth-order valence-corrected chi connectivity index (χ4v) is 3.58. The van der Waals surface area contributed by atoms with Gasteiger partial charge in [0.2, 0.25) is 15.9 Å². The molecule has 0 saturated carbocycles. The van der Waals surface area contributed by atoms with Crippen LogP contribution < -0.4 is 5.32 Å². The van der Waals surface area contributed by atoms with Gasteiger partial charge in [-0.25, -0.2) is 12.7 Å². The second kappa shape index (κ2) is 7.95. The van der Waals surface area contributed by atoms with Gasteiger partial charge in [-0.2, -0.15) is 0 Å². The first kappa shape index (κ1) is 17.4. The van der Waals surface area contributed by atoms with Crippen LogP contribution in [0.3, 0.4) is 0 Å². The lowest BCUT2D eigenvalue weighted by Crippen LogP contribution is -2.44. The van der Waals surface area contributed by atoms with Crippen LogP contribution in [-0.2, 0) is 19.6 Å². The number of amides is 1. The maximum absolute atomic E-state index is 11.8. The van der Waals surface area contributed by atoms with Crippen LogP contribution in [0.15, 0.2) is 0 Å². The van der Waals surface area contributed by atoms with Crippen LogP contribution >= 0.6 is 0 Å². The number of nitrogens with one attached hydrogen (secondary N) is 1.